The summed E-state index contributed by atoms with van der Waals surface area (Å²) in [7, 11) is 0. The minimum atomic E-state index is 0.751. The van der Waals surface area contributed by atoms with Gasteiger partial charge in [0, 0.05) is 29.2 Å². The van der Waals surface area contributed by atoms with Gasteiger partial charge >= 0.3 is 0 Å². The molecule has 4 heteroatoms. The van der Waals surface area contributed by atoms with E-state index in [1.807, 2.05) is 11.3 Å². The molecule has 1 aromatic heterocycles. The fraction of sp³-hybridized carbons (Fsp3) is 0.800. The van der Waals surface area contributed by atoms with Gasteiger partial charge in [0.15, 0.2) is 0 Å². The van der Waals surface area contributed by atoms with Crippen LogP contribution in [-0.4, -0.2) is 34.6 Å². The molecule has 0 aromatic carbocycles. The molecule has 1 aromatic rings. The van der Waals surface area contributed by atoms with Crippen LogP contribution in [0.3, 0.4) is 0 Å². The lowest BCUT2D eigenvalue weighted by Crippen LogP contribution is -2.48. The Bertz CT molecular complexity index is 403. The maximum absolute atomic E-state index is 4.59. The Kier molecular flexibility index (Phi) is 4.20. The average molecular weight is 279 g/mol. The number of thiazole rings is 1. The quantitative estimate of drug-likeness (QED) is 0.898. The Morgan fingerprint density at radius 3 is 2.63 bits per heavy atom. The van der Waals surface area contributed by atoms with Gasteiger partial charge in [0.1, 0.15) is 5.01 Å². The number of fused-ring (bicyclic) bond motifs is 2. The molecule has 0 radical (unpaired) electrons. The maximum atomic E-state index is 4.59. The van der Waals surface area contributed by atoms with E-state index in [4.69, 9.17) is 0 Å². The number of aromatic nitrogens is 1. The van der Waals surface area contributed by atoms with Crippen molar-refractivity contribution in [2.75, 3.05) is 6.54 Å². The van der Waals surface area contributed by atoms with Gasteiger partial charge in [-0.1, -0.05) is 13.8 Å². The first-order valence-corrected chi connectivity index (χ1v) is 8.54. The lowest BCUT2D eigenvalue weighted by Gasteiger charge is -2.38. The molecule has 0 amide bonds. The largest absolute Gasteiger partial charge is 0.314 e. The average Bonchev–Trinajstić information content (AvgIpc) is 2.94. The highest BCUT2D eigenvalue weighted by Crippen LogP contribution is 2.37. The van der Waals surface area contributed by atoms with E-state index in [0.29, 0.717) is 0 Å². The van der Waals surface area contributed by atoms with Crippen molar-refractivity contribution in [2.24, 2.45) is 0 Å². The van der Waals surface area contributed by atoms with Crippen molar-refractivity contribution < 1.29 is 0 Å². The number of hydrogen-bond acceptors (Lipinski definition) is 4. The summed E-state index contributed by atoms with van der Waals surface area (Å²) in [5.41, 5.74) is 0. The van der Waals surface area contributed by atoms with Gasteiger partial charge in [0.05, 0.1) is 6.54 Å². The molecule has 0 saturated carbocycles. The van der Waals surface area contributed by atoms with Crippen LogP contribution in [0, 0.1) is 0 Å². The molecule has 2 bridgehead atoms. The fourth-order valence-electron chi connectivity index (χ4n) is 3.73. The molecule has 2 unspecified atom stereocenters. The fourth-order valence-corrected chi connectivity index (χ4v) is 4.60. The third kappa shape index (κ3) is 2.86. The van der Waals surface area contributed by atoms with Gasteiger partial charge in [-0.3, -0.25) is 4.90 Å². The molecule has 0 spiro atoms. The molecule has 2 aliphatic heterocycles. The third-order valence-electron chi connectivity index (χ3n) is 4.64. The van der Waals surface area contributed by atoms with Crippen LogP contribution in [-0.2, 0) is 13.0 Å². The van der Waals surface area contributed by atoms with Gasteiger partial charge in [0.2, 0.25) is 0 Å². The number of hydrogen-bond donors (Lipinski definition) is 1. The van der Waals surface area contributed by atoms with E-state index in [2.05, 4.69) is 35.2 Å². The summed E-state index contributed by atoms with van der Waals surface area (Å²) in [5.74, 6) is 0. The summed E-state index contributed by atoms with van der Waals surface area (Å²) in [6.07, 6.45) is 8.62. The van der Waals surface area contributed by atoms with Crippen molar-refractivity contribution in [3.8, 4) is 0 Å². The third-order valence-corrected chi connectivity index (χ3v) is 5.77. The molecule has 3 nitrogen and oxygen atoms in total. The van der Waals surface area contributed by atoms with Crippen molar-refractivity contribution in [2.45, 2.75) is 70.6 Å². The van der Waals surface area contributed by atoms with Crippen LogP contribution in [0.2, 0.25) is 0 Å². The van der Waals surface area contributed by atoms with E-state index in [1.54, 1.807) is 0 Å². The number of nitrogens with zero attached hydrogens (tertiary/aromatic N) is 2. The van der Waals surface area contributed by atoms with E-state index in [0.717, 1.165) is 37.6 Å². The van der Waals surface area contributed by atoms with Gasteiger partial charge in [0.25, 0.3) is 0 Å². The number of rotatable bonds is 5. The number of nitrogens with one attached hydrogen (secondary N) is 1. The summed E-state index contributed by atoms with van der Waals surface area (Å²) in [6.45, 7) is 6.62. The molecular formula is C15H25N3S. The maximum Gasteiger partial charge on any atom is 0.107 e. The Balaban J connectivity index is 1.63. The Morgan fingerprint density at radius 1 is 1.32 bits per heavy atom. The first-order chi connectivity index (χ1) is 9.30. The molecule has 0 aliphatic carbocycles. The van der Waals surface area contributed by atoms with Gasteiger partial charge < -0.3 is 5.32 Å². The molecule has 3 rings (SSSR count). The number of piperidine rings is 1. The zero-order valence-electron chi connectivity index (χ0n) is 12.1. The van der Waals surface area contributed by atoms with Crippen molar-refractivity contribution in [1.82, 2.24) is 15.2 Å². The zero-order valence-corrected chi connectivity index (χ0v) is 12.9. The van der Waals surface area contributed by atoms with Gasteiger partial charge in [-0.25, -0.2) is 4.98 Å². The Labute approximate surface area is 120 Å². The van der Waals surface area contributed by atoms with Crippen molar-refractivity contribution in [3.63, 3.8) is 0 Å². The van der Waals surface area contributed by atoms with Crippen LogP contribution >= 0.6 is 11.3 Å². The zero-order chi connectivity index (χ0) is 13.2. The van der Waals surface area contributed by atoms with E-state index in [9.17, 15) is 0 Å². The second kappa shape index (κ2) is 5.90. The monoisotopic (exact) mass is 279 g/mol. The second-order valence-electron chi connectivity index (χ2n) is 5.86. The minimum Gasteiger partial charge on any atom is -0.314 e. The predicted octanol–water partition coefficient (Wildman–Crippen LogP) is 2.81. The number of aryl methyl sites for hydroxylation is 1. The molecule has 3 heterocycles. The molecule has 1 N–H and O–H groups in total. The molecule has 2 atom stereocenters. The summed E-state index contributed by atoms with van der Waals surface area (Å²) >= 11 is 1.90. The van der Waals surface area contributed by atoms with Crippen LogP contribution in [0.4, 0.5) is 0 Å². The van der Waals surface area contributed by atoms with E-state index >= 15 is 0 Å². The highest BCUT2D eigenvalue weighted by molar-refractivity contribution is 7.11. The summed E-state index contributed by atoms with van der Waals surface area (Å²) < 4.78 is 0. The normalized spacial score (nSPS) is 30.9. The van der Waals surface area contributed by atoms with Crippen molar-refractivity contribution in [1.29, 1.82) is 0 Å². The molecular weight excluding hydrogens is 254 g/mol. The lowest BCUT2D eigenvalue weighted by atomic mass is 9.97. The predicted molar refractivity (Wildman–Crippen MR) is 80.5 cm³/mol. The molecule has 2 aliphatic rings. The first-order valence-electron chi connectivity index (χ1n) is 7.72. The smallest absolute Gasteiger partial charge is 0.107 e. The van der Waals surface area contributed by atoms with Crippen LogP contribution in [0.25, 0.3) is 0 Å². The Morgan fingerprint density at radius 2 is 2.05 bits per heavy atom. The first kappa shape index (κ1) is 13.5. The molecule has 106 valence electrons. The molecule has 2 saturated heterocycles. The standard InChI is InChI=1S/C15H25N3S/c1-3-14-9-17-15(19-14)10-18-12-5-6-13(18)8-11(7-12)16-4-2/h9,11-13,16H,3-8,10H2,1-2H3. The topological polar surface area (TPSA) is 28.2 Å². The van der Waals surface area contributed by atoms with E-state index in [-0.39, 0.29) is 0 Å². The lowest BCUT2D eigenvalue weighted by molar-refractivity contribution is 0.110. The summed E-state index contributed by atoms with van der Waals surface area (Å²) in [4.78, 5) is 8.74. The molecule has 2 fully saturated rings. The Hall–Kier alpha value is -0.450. The highest BCUT2D eigenvalue weighted by Gasteiger charge is 2.40. The van der Waals surface area contributed by atoms with Crippen LogP contribution < -0.4 is 5.32 Å². The van der Waals surface area contributed by atoms with Crippen LogP contribution in [0.5, 0.6) is 0 Å². The van der Waals surface area contributed by atoms with E-state index < -0.39 is 0 Å². The second-order valence-corrected chi connectivity index (χ2v) is 7.06. The SMILES string of the molecule is CCNC1CC2CCC(C1)N2Cc1ncc(CC)s1. The minimum absolute atomic E-state index is 0.751. The van der Waals surface area contributed by atoms with Crippen molar-refractivity contribution >= 4 is 11.3 Å². The summed E-state index contributed by atoms with van der Waals surface area (Å²) in [6, 6.07) is 2.33. The van der Waals surface area contributed by atoms with Crippen LogP contribution in [0.15, 0.2) is 6.20 Å². The summed E-state index contributed by atoms with van der Waals surface area (Å²) in [5, 5.41) is 4.96. The highest BCUT2D eigenvalue weighted by atomic mass is 32.1. The van der Waals surface area contributed by atoms with Gasteiger partial charge in [-0.05, 0) is 38.6 Å². The molecule has 19 heavy (non-hydrogen) atoms. The van der Waals surface area contributed by atoms with Gasteiger partial charge in [-0.15, -0.1) is 11.3 Å². The van der Waals surface area contributed by atoms with Crippen LogP contribution in [0.1, 0.15) is 49.4 Å². The van der Waals surface area contributed by atoms with Crippen molar-refractivity contribution in [3.05, 3.63) is 16.1 Å². The van der Waals surface area contributed by atoms with E-state index in [1.165, 1.54) is 35.6 Å². The van der Waals surface area contributed by atoms with Gasteiger partial charge in [-0.2, -0.15) is 0 Å².